The number of methoxy groups -OCH3 is 2. The summed E-state index contributed by atoms with van der Waals surface area (Å²) in [7, 11) is 3.16. The van der Waals surface area contributed by atoms with E-state index in [0.29, 0.717) is 0 Å². The summed E-state index contributed by atoms with van der Waals surface area (Å²) in [6.45, 7) is 0. The highest BCUT2D eigenvalue weighted by Crippen LogP contribution is 2.29. The van der Waals surface area contributed by atoms with Crippen molar-refractivity contribution in [2.45, 2.75) is 0 Å². The average molecular weight is 465 g/mol. The highest BCUT2D eigenvalue weighted by Gasteiger charge is 2.09. The lowest BCUT2D eigenvalue weighted by atomic mass is 10.2. The molecule has 0 unspecified atom stereocenters. The second-order valence-electron chi connectivity index (χ2n) is 6.65. The van der Waals surface area contributed by atoms with E-state index < -0.39 is 11.9 Å². The van der Waals surface area contributed by atoms with E-state index in [-0.39, 0.29) is 16.5 Å². The van der Waals surface area contributed by atoms with Crippen LogP contribution in [0.5, 0.6) is 23.0 Å². The summed E-state index contributed by atoms with van der Waals surface area (Å²) < 4.78 is 20.7. The molecule has 0 fully saturated rings. The first-order chi connectivity index (χ1) is 16.0. The number of halogens is 1. The van der Waals surface area contributed by atoms with Crippen molar-refractivity contribution >= 4 is 35.7 Å². The Kier molecular flexibility index (Phi) is 8.27. The number of hydrogen-bond acceptors (Lipinski definition) is 6. The largest absolute Gasteiger partial charge is 0.497 e. The highest BCUT2D eigenvalue weighted by molar-refractivity contribution is 6.32. The van der Waals surface area contributed by atoms with Gasteiger partial charge in [-0.15, -0.1) is 0 Å². The third kappa shape index (κ3) is 7.26. The van der Waals surface area contributed by atoms with Crippen LogP contribution in [0.4, 0.5) is 0 Å². The second-order valence-corrected chi connectivity index (χ2v) is 7.05. The molecule has 3 aromatic carbocycles. The molecule has 0 bridgehead atoms. The van der Waals surface area contributed by atoms with E-state index in [1.807, 2.05) is 24.3 Å². The SMILES string of the molecule is COc1ccc(/C=C/C(=O)Oc2ccc(OC(=O)/C=C/c3ccc(OC)cc3)c(Cl)c2)cc1. The standard InChI is InChI=1S/C26H21ClO6/c1-30-20-9-3-18(4-10-20)7-15-25(28)32-22-13-14-24(23(27)17-22)33-26(29)16-8-19-5-11-21(31-2)12-6-19/h3-17H,1-2H3/b15-7+,16-8+. The Morgan fingerprint density at radius 1 is 0.667 bits per heavy atom. The zero-order valence-electron chi connectivity index (χ0n) is 18.0. The molecule has 0 saturated heterocycles. The molecule has 7 heteroatoms. The van der Waals surface area contributed by atoms with Crippen LogP contribution in [0.25, 0.3) is 12.2 Å². The molecular weight excluding hydrogens is 444 g/mol. The van der Waals surface area contributed by atoms with E-state index in [0.717, 1.165) is 22.6 Å². The summed E-state index contributed by atoms with van der Waals surface area (Å²) in [6, 6.07) is 18.7. The normalized spacial score (nSPS) is 10.9. The maximum Gasteiger partial charge on any atom is 0.336 e. The van der Waals surface area contributed by atoms with Crippen molar-refractivity contribution in [1.82, 2.24) is 0 Å². The van der Waals surface area contributed by atoms with Crippen LogP contribution in [0.1, 0.15) is 11.1 Å². The first kappa shape index (κ1) is 23.6. The van der Waals surface area contributed by atoms with Crippen molar-refractivity contribution in [3.63, 3.8) is 0 Å². The van der Waals surface area contributed by atoms with Gasteiger partial charge in [0, 0.05) is 18.2 Å². The number of benzene rings is 3. The molecule has 0 aliphatic heterocycles. The van der Waals surface area contributed by atoms with Gasteiger partial charge >= 0.3 is 11.9 Å². The van der Waals surface area contributed by atoms with Crippen LogP contribution < -0.4 is 18.9 Å². The van der Waals surface area contributed by atoms with Gasteiger partial charge in [-0.1, -0.05) is 35.9 Å². The molecule has 0 atom stereocenters. The summed E-state index contributed by atoms with van der Waals surface area (Å²) in [5.41, 5.74) is 1.62. The van der Waals surface area contributed by atoms with Crippen LogP contribution in [0.2, 0.25) is 5.02 Å². The molecule has 0 radical (unpaired) electrons. The molecule has 0 spiro atoms. The smallest absolute Gasteiger partial charge is 0.336 e. The summed E-state index contributed by atoms with van der Waals surface area (Å²) in [5.74, 6) is 0.640. The minimum absolute atomic E-state index is 0.130. The molecule has 0 amide bonds. The van der Waals surface area contributed by atoms with Crippen molar-refractivity contribution in [3.05, 3.63) is 95.0 Å². The van der Waals surface area contributed by atoms with Crippen LogP contribution >= 0.6 is 11.6 Å². The molecule has 168 valence electrons. The van der Waals surface area contributed by atoms with Crippen LogP contribution in [-0.4, -0.2) is 26.2 Å². The highest BCUT2D eigenvalue weighted by atomic mass is 35.5. The van der Waals surface area contributed by atoms with Gasteiger partial charge in [-0.05, 0) is 59.7 Å². The van der Waals surface area contributed by atoms with E-state index in [9.17, 15) is 9.59 Å². The Hall–Kier alpha value is -4.03. The fraction of sp³-hybridized carbons (Fsp3) is 0.0769. The van der Waals surface area contributed by atoms with Crippen LogP contribution in [0, 0.1) is 0 Å². The van der Waals surface area contributed by atoms with Gasteiger partial charge < -0.3 is 18.9 Å². The molecule has 3 rings (SSSR count). The lowest BCUT2D eigenvalue weighted by molar-refractivity contribution is -0.130. The van der Waals surface area contributed by atoms with Gasteiger partial charge in [-0.2, -0.15) is 0 Å². The third-order valence-electron chi connectivity index (χ3n) is 4.39. The van der Waals surface area contributed by atoms with Gasteiger partial charge in [0.2, 0.25) is 0 Å². The van der Waals surface area contributed by atoms with E-state index in [2.05, 4.69) is 0 Å². The lowest BCUT2D eigenvalue weighted by Crippen LogP contribution is -2.06. The van der Waals surface area contributed by atoms with Crippen molar-refractivity contribution in [3.8, 4) is 23.0 Å². The number of hydrogen-bond donors (Lipinski definition) is 0. The maximum absolute atomic E-state index is 12.1. The van der Waals surface area contributed by atoms with E-state index in [4.69, 9.17) is 30.5 Å². The Bertz CT molecular complexity index is 1160. The number of rotatable bonds is 8. The molecule has 3 aromatic rings. The van der Waals surface area contributed by atoms with Crippen molar-refractivity contribution < 1.29 is 28.5 Å². The molecule has 6 nitrogen and oxygen atoms in total. The van der Waals surface area contributed by atoms with Gasteiger partial charge in [-0.3, -0.25) is 0 Å². The zero-order valence-corrected chi connectivity index (χ0v) is 18.7. The predicted molar refractivity (Wildman–Crippen MR) is 127 cm³/mol. The zero-order chi connectivity index (χ0) is 23.6. The number of carbonyl (C=O) groups is 2. The second kappa shape index (κ2) is 11.5. The average Bonchev–Trinajstić information content (AvgIpc) is 2.84. The Morgan fingerprint density at radius 2 is 1.12 bits per heavy atom. The topological polar surface area (TPSA) is 71.1 Å². The molecular formula is C26H21ClO6. The van der Waals surface area contributed by atoms with E-state index in [1.54, 1.807) is 50.6 Å². The van der Waals surface area contributed by atoms with Crippen molar-refractivity contribution in [2.24, 2.45) is 0 Å². The van der Waals surface area contributed by atoms with E-state index >= 15 is 0 Å². The van der Waals surface area contributed by atoms with Gasteiger partial charge in [0.05, 0.1) is 19.2 Å². The van der Waals surface area contributed by atoms with Crippen LogP contribution in [-0.2, 0) is 9.59 Å². The molecule has 0 aromatic heterocycles. The maximum atomic E-state index is 12.1. The summed E-state index contributed by atoms with van der Waals surface area (Å²) in [5, 5.41) is 0.130. The molecule has 0 heterocycles. The minimum Gasteiger partial charge on any atom is -0.497 e. The molecule has 33 heavy (non-hydrogen) atoms. The Morgan fingerprint density at radius 3 is 1.58 bits per heavy atom. The lowest BCUT2D eigenvalue weighted by Gasteiger charge is -2.07. The van der Waals surface area contributed by atoms with Crippen LogP contribution in [0.3, 0.4) is 0 Å². The molecule has 0 aliphatic carbocycles. The summed E-state index contributed by atoms with van der Waals surface area (Å²) in [6.07, 6.45) is 5.82. The van der Waals surface area contributed by atoms with Crippen molar-refractivity contribution in [2.75, 3.05) is 14.2 Å². The monoisotopic (exact) mass is 464 g/mol. The molecule has 0 N–H and O–H groups in total. The third-order valence-corrected chi connectivity index (χ3v) is 4.68. The summed E-state index contributed by atoms with van der Waals surface area (Å²) >= 11 is 6.17. The first-order valence-corrected chi connectivity index (χ1v) is 10.2. The number of esters is 2. The van der Waals surface area contributed by atoms with E-state index in [1.165, 1.54) is 30.4 Å². The first-order valence-electron chi connectivity index (χ1n) is 9.84. The Labute approximate surface area is 196 Å². The quantitative estimate of drug-likeness (QED) is 0.246. The Balaban J connectivity index is 1.55. The van der Waals surface area contributed by atoms with Crippen molar-refractivity contribution in [1.29, 1.82) is 0 Å². The van der Waals surface area contributed by atoms with Gasteiger partial charge in [0.15, 0.2) is 0 Å². The fourth-order valence-electron chi connectivity index (χ4n) is 2.68. The fourth-order valence-corrected chi connectivity index (χ4v) is 2.89. The van der Waals surface area contributed by atoms with Gasteiger partial charge in [-0.25, -0.2) is 9.59 Å². The number of carbonyl (C=O) groups excluding carboxylic acids is 2. The van der Waals surface area contributed by atoms with Gasteiger partial charge in [0.25, 0.3) is 0 Å². The molecule has 0 saturated carbocycles. The number of ether oxygens (including phenoxy) is 4. The minimum atomic E-state index is -0.597. The van der Waals surface area contributed by atoms with Gasteiger partial charge in [0.1, 0.15) is 23.0 Å². The summed E-state index contributed by atoms with van der Waals surface area (Å²) in [4.78, 5) is 24.2. The predicted octanol–water partition coefficient (Wildman–Crippen LogP) is 5.59. The molecule has 0 aliphatic rings. The van der Waals surface area contributed by atoms with Crippen LogP contribution in [0.15, 0.2) is 78.9 Å².